The van der Waals surface area contributed by atoms with Gasteiger partial charge in [0.05, 0.1) is 10.6 Å². The van der Waals surface area contributed by atoms with Crippen molar-refractivity contribution in [2.75, 3.05) is 31.8 Å². The van der Waals surface area contributed by atoms with Crippen LogP contribution in [-0.4, -0.2) is 51.1 Å². The van der Waals surface area contributed by atoms with Gasteiger partial charge in [0.15, 0.2) is 6.61 Å². The van der Waals surface area contributed by atoms with Crippen LogP contribution in [0, 0.1) is 13.8 Å². The molecule has 0 fully saturated rings. The molecule has 0 aliphatic carbocycles. The number of rotatable bonds is 8. The summed E-state index contributed by atoms with van der Waals surface area (Å²) in [6, 6.07) is 10.2. The number of anilines is 1. The minimum atomic E-state index is -3.63. The van der Waals surface area contributed by atoms with E-state index in [0.717, 1.165) is 19.2 Å². The molecule has 0 spiro atoms. The van der Waals surface area contributed by atoms with Crippen LogP contribution in [0.4, 0.5) is 5.69 Å². The number of thioether (sulfide) groups is 1. The van der Waals surface area contributed by atoms with Crippen molar-refractivity contribution in [2.45, 2.75) is 23.6 Å². The molecule has 2 rings (SSSR count). The third kappa shape index (κ3) is 6.56. The highest BCUT2D eigenvalue weighted by atomic mass is 79.9. The van der Waals surface area contributed by atoms with Gasteiger partial charge in [-0.25, -0.2) is 12.7 Å². The number of aryl methyl sites for hydroxylation is 2. The lowest BCUT2D eigenvalue weighted by atomic mass is 10.2. The Morgan fingerprint density at radius 1 is 1.10 bits per heavy atom. The molecule has 0 saturated carbocycles. The molecule has 0 heterocycles. The average Bonchev–Trinajstić information content (AvgIpc) is 2.67. The quantitative estimate of drug-likeness (QED) is 0.427. The summed E-state index contributed by atoms with van der Waals surface area (Å²) in [7, 11) is -0.764. The van der Waals surface area contributed by atoms with Crippen LogP contribution in [0.25, 0.3) is 0 Å². The van der Waals surface area contributed by atoms with Gasteiger partial charge < -0.3 is 10.1 Å². The Morgan fingerprint density at radius 2 is 1.80 bits per heavy atom. The molecule has 7 nitrogen and oxygen atoms in total. The zero-order valence-electron chi connectivity index (χ0n) is 17.1. The van der Waals surface area contributed by atoms with Gasteiger partial charge in [-0.15, -0.1) is 11.8 Å². The highest BCUT2D eigenvalue weighted by Crippen LogP contribution is 2.25. The molecular formula is C20H23BrN2O5S2. The molecule has 0 radical (unpaired) electrons. The molecule has 2 aromatic rings. The van der Waals surface area contributed by atoms with Crippen LogP contribution in [0.15, 0.2) is 50.7 Å². The van der Waals surface area contributed by atoms with Crippen molar-refractivity contribution in [2.24, 2.45) is 0 Å². The molecule has 10 heteroatoms. The van der Waals surface area contributed by atoms with Crippen molar-refractivity contribution in [1.82, 2.24) is 4.31 Å². The molecule has 0 bridgehead atoms. The number of hydrogen-bond acceptors (Lipinski definition) is 6. The Bertz CT molecular complexity index is 1060. The fraction of sp³-hybridized carbons (Fsp3) is 0.300. The molecule has 30 heavy (non-hydrogen) atoms. The fourth-order valence-corrected chi connectivity index (χ4v) is 4.60. The zero-order valence-corrected chi connectivity index (χ0v) is 20.3. The lowest BCUT2D eigenvalue weighted by Crippen LogP contribution is -2.24. The summed E-state index contributed by atoms with van der Waals surface area (Å²) in [5.41, 5.74) is 2.07. The first-order valence-corrected chi connectivity index (χ1v) is 12.1. The summed E-state index contributed by atoms with van der Waals surface area (Å²) in [6.07, 6.45) is 0. The molecule has 0 atom stereocenters. The van der Waals surface area contributed by atoms with Crippen molar-refractivity contribution in [3.8, 4) is 0 Å². The summed E-state index contributed by atoms with van der Waals surface area (Å²) in [6.45, 7) is 3.23. The van der Waals surface area contributed by atoms with Crippen molar-refractivity contribution in [1.29, 1.82) is 0 Å². The summed E-state index contributed by atoms with van der Waals surface area (Å²) >= 11 is 4.72. The minimum Gasteiger partial charge on any atom is -0.455 e. The van der Waals surface area contributed by atoms with Crippen molar-refractivity contribution in [3.63, 3.8) is 0 Å². The SMILES string of the molecule is Cc1ccc(S(=O)(=O)N(C)C)cc1NC(=O)COC(=O)CSc1ccc(Br)cc1C. The third-order valence-electron chi connectivity index (χ3n) is 4.11. The molecule has 162 valence electrons. The second-order valence-electron chi connectivity index (χ2n) is 6.67. The van der Waals surface area contributed by atoms with Crippen LogP contribution in [0.1, 0.15) is 11.1 Å². The van der Waals surface area contributed by atoms with Gasteiger partial charge in [-0.05, 0) is 55.3 Å². The molecule has 2 aromatic carbocycles. The lowest BCUT2D eigenvalue weighted by molar-refractivity contribution is -0.144. The topological polar surface area (TPSA) is 92.8 Å². The number of nitrogens with zero attached hydrogens (tertiary/aromatic N) is 1. The molecule has 1 N–H and O–H groups in total. The number of carbonyl (C=O) groups excluding carboxylic acids is 2. The van der Waals surface area contributed by atoms with Gasteiger partial charge in [-0.2, -0.15) is 0 Å². The van der Waals surface area contributed by atoms with Crippen LogP contribution in [0.5, 0.6) is 0 Å². The summed E-state index contributed by atoms with van der Waals surface area (Å²) < 4.78 is 31.6. The van der Waals surface area contributed by atoms with E-state index in [1.165, 1.54) is 38.0 Å². The van der Waals surface area contributed by atoms with Crippen molar-refractivity contribution in [3.05, 3.63) is 52.0 Å². The van der Waals surface area contributed by atoms with Gasteiger partial charge in [-0.3, -0.25) is 9.59 Å². The lowest BCUT2D eigenvalue weighted by Gasteiger charge is -2.14. The van der Waals surface area contributed by atoms with E-state index in [0.29, 0.717) is 11.3 Å². The van der Waals surface area contributed by atoms with Crippen LogP contribution >= 0.6 is 27.7 Å². The molecule has 0 unspecified atom stereocenters. The van der Waals surface area contributed by atoms with Gasteiger partial charge in [0.1, 0.15) is 0 Å². The van der Waals surface area contributed by atoms with Crippen LogP contribution in [0.2, 0.25) is 0 Å². The maximum Gasteiger partial charge on any atom is 0.316 e. The number of nitrogens with one attached hydrogen (secondary N) is 1. The van der Waals surface area contributed by atoms with Gasteiger partial charge in [0.25, 0.3) is 5.91 Å². The van der Waals surface area contributed by atoms with E-state index in [4.69, 9.17) is 4.74 Å². The van der Waals surface area contributed by atoms with E-state index < -0.39 is 28.5 Å². The number of halogens is 1. The second kappa shape index (κ2) is 10.4. The number of hydrogen-bond donors (Lipinski definition) is 1. The standard InChI is InChI=1S/C20H23BrN2O5S2/c1-13-5-7-16(30(26,27)23(3)4)10-17(13)22-19(24)11-28-20(25)12-29-18-8-6-15(21)9-14(18)2/h5-10H,11-12H2,1-4H3,(H,22,24). The Hall–Kier alpha value is -1.88. The molecule has 0 aliphatic heterocycles. The maximum absolute atomic E-state index is 12.3. The van der Waals surface area contributed by atoms with Crippen LogP contribution in [-0.2, 0) is 24.3 Å². The van der Waals surface area contributed by atoms with Crippen molar-refractivity contribution < 1.29 is 22.7 Å². The Morgan fingerprint density at radius 3 is 2.43 bits per heavy atom. The van der Waals surface area contributed by atoms with Crippen LogP contribution < -0.4 is 5.32 Å². The van der Waals surface area contributed by atoms with E-state index in [1.807, 2.05) is 25.1 Å². The third-order valence-corrected chi connectivity index (χ3v) is 7.56. The molecular weight excluding hydrogens is 492 g/mol. The van der Waals surface area contributed by atoms with E-state index in [2.05, 4.69) is 21.2 Å². The van der Waals surface area contributed by atoms with E-state index >= 15 is 0 Å². The number of sulfonamides is 1. The predicted octanol–water partition coefficient (Wildman–Crippen LogP) is 3.59. The number of ether oxygens (including phenoxy) is 1. The Kier molecular flexibility index (Phi) is 8.48. The fourth-order valence-electron chi connectivity index (χ4n) is 2.39. The molecule has 0 aliphatic rings. The number of benzene rings is 2. The summed E-state index contributed by atoms with van der Waals surface area (Å²) in [5, 5.41) is 2.59. The highest BCUT2D eigenvalue weighted by molar-refractivity contribution is 9.10. The van der Waals surface area contributed by atoms with Gasteiger partial charge in [0.2, 0.25) is 10.0 Å². The van der Waals surface area contributed by atoms with Crippen molar-refractivity contribution >= 4 is 55.3 Å². The zero-order chi connectivity index (χ0) is 22.5. The number of carbonyl (C=O) groups is 2. The summed E-state index contributed by atoms with van der Waals surface area (Å²) in [4.78, 5) is 25.1. The first kappa shape index (κ1) is 24.4. The second-order valence-corrected chi connectivity index (χ2v) is 10.8. The molecule has 0 aromatic heterocycles. The van der Waals surface area contributed by atoms with E-state index in [9.17, 15) is 18.0 Å². The number of amides is 1. The summed E-state index contributed by atoms with van der Waals surface area (Å²) in [5.74, 6) is -0.987. The number of esters is 1. The predicted molar refractivity (Wildman–Crippen MR) is 121 cm³/mol. The van der Waals surface area contributed by atoms with Crippen LogP contribution in [0.3, 0.4) is 0 Å². The Balaban J connectivity index is 1.92. The first-order chi connectivity index (χ1) is 14.0. The highest BCUT2D eigenvalue weighted by Gasteiger charge is 2.19. The van der Waals surface area contributed by atoms with Gasteiger partial charge in [0, 0.05) is 29.2 Å². The minimum absolute atomic E-state index is 0.0617. The van der Waals surface area contributed by atoms with Gasteiger partial charge in [-0.1, -0.05) is 22.0 Å². The Labute approximate surface area is 189 Å². The largest absolute Gasteiger partial charge is 0.455 e. The molecule has 0 saturated heterocycles. The normalized spacial score (nSPS) is 11.4. The van der Waals surface area contributed by atoms with E-state index in [1.54, 1.807) is 13.0 Å². The monoisotopic (exact) mass is 514 g/mol. The maximum atomic E-state index is 12.3. The van der Waals surface area contributed by atoms with E-state index in [-0.39, 0.29) is 10.6 Å². The smallest absolute Gasteiger partial charge is 0.316 e. The van der Waals surface area contributed by atoms with Gasteiger partial charge >= 0.3 is 5.97 Å². The average molecular weight is 515 g/mol. The molecule has 1 amide bonds. The first-order valence-electron chi connectivity index (χ1n) is 8.88.